The standard InChI is InChI=1S/C33H35F3N8O3/c1-21(31(46)40(3)24-15-18-44(5,6)19-16-24)39-30(45)28-29(27-14-17-38-42(27)25-12-10-23(37-2)11-13-25)41(4)43(32(28)47)26-9-7-8-22(20-26)33(34,35)36/h7-14,17,20-21,24H,15-16,18-19H2,1,3-6H3/p+1/t21-/m0/s1. The number of hydrogen-bond acceptors (Lipinski definition) is 4. The summed E-state index contributed by atoms with van der Waals surface area (Å²) in [6.45, 7) is 10.6. The summed E-state index contributed by atoms with van der Waals surface area (Å²) in [7, 11) is 7.43. The zero-order valence-electron chi connectivity index (χ0n) is 26.7. The summed E-state index contributed by atoms with van der Waals surface area (Å²) in [6.07, 6.45) is -1.60. The van der Waals surface area contributed by atoms with Gasteiger partial charge in [0.05, 0.1) is 62.6 Å². The molecule has 3 heterocycles. The van der Waals surface area contributed by atoms with E-state index in [0.29, 0.717) is 11.4 Å². The molecule has 0 radical (unpaired) electrons. The second-order valence-corrected chi connectivity index (χ2v) is 12.4. The largest absolute Gasteiger partial charge is 0.416 e. The van der Waals surface area contributed by atoms with Gasteiger partial charge < -0.3 is 14.7 Å². The van der Waals surface area contributed by atoms with E-state index in [0.717, 1.165) is 47.2 Å². The van der Waals surface area contributed by atoms with Gasteiger partial charge in [0.25, 0.3) is 11.5 Å². The second kappa shape index (κ2) is 12.6. The Bertz CT molecular complexity index is 1900. The number of hydrogen-bond donors (Lipinski definition) is 1. The molecule has 0 aliphatic carbocycles. The molecule has 2 amide bonds. The average molecular weight is 650 g/mol. The summed E-state index contributed by atoms with van der Waals surface area (Å²) >= 11 is 0. The van der Waals surface area contributed by atoms with Crippen LogP contribution in [0.5, 0.6) is 0 Å². The van der Waals surface area contributed by atoms with Crippen LogP contribution in [0.1, 0.15) is 35.7 Å². The topological polar surface area (TPSA) is 98.5 Å². The van der Waals surface area contributed by atoms with Crippen molar-refractivity contribution in [3.63, 3.8) is 0 Å². The van der Waals surface area contributed by atoms with Gasteiger partial charge in [0.1, 0.15) is 17.3 Å². The number of carbonyl (C=O) groups is 2. The Morgan fingerprint density at radius 1 is 1.09 bits per heavy atom. The van der Waals surface area contributed by atoms with Gasteiger partial charge in [0.15, 0.2) is 5.69 Å². The van der Waals surface area contributed by atoms with E-state index in [1.807, 2.05) is 0 Å². The lowest BCUT2D eigenvalue weighted by molar-refractivity contribution is -0.895. The van der Waals surface area contributed by atoms with E-state index < -0.39 is 29.2 Å². The molecule has 11 nitrogen and oxygen atoms in total. The first-order valence-corrected chi connectivity index (χ1v) is 15.0. The van der Waals surface area contributed by atoms with Gasteiger partial charge in [-0.3, -0.25) is 19.1 Å². The number of nitrogens with one attached hydrogen (secondary N) is 1. The third-order valence-electron chi connectivity index (χ3n) is 8.77. The van der Waals surface area contributed by atoms with Crippen LogP contribution in [0.4, 0.5) is 18.9 Å². The predicted molar refractivity (Wildman–Crippen MR) is 169 cm³/mol. The number of likely N-dealkylation sites (N-methyl/N-ethyl adjacent to an activating group) is 1. The summed E-state index contributed by atoms with van der Waals surface area (Å²) in [6, 6.07) is 11.3. The van der Waals surface area contributed by atoms with E-state index in [9.17, 15) is 27.6 Å². The number of quaternary nitrogens is 1. The third kappa shape index (κ3) is 6.57. The molecular formula is C33H36F3N8O3+. The molecule has 47 heavy (non-hydrogen) atoms. The van der Waals surface area contributed by atoms with Crippen molar-refractivity contribution in [2.75, 3.05) is 34.2 Å². The molecule has 5 rings (SSSR count). The Kier molecular flexibility index (Phi) is 8.87. The summed E-state index contributed by atoms with van der Waals surface area (Å²) in [5.74, 6) is -1.19. The molecule has 1 fully saturated rings. The fourth-order valence-corrected chi connectivity index (χ4v) is 6.02. The highest BCUT2D eigenvalue weighted by atomic mass is 19.4. The molecule has 1 aliphatic heterocycles. The van der Waals surface area contributed by atoms with E-state index in [4.69, 9.17) is 6.57 Å². The van der Waals surface area contributed by atoms with Gasteiger partial charge in [-0.25, -0.2) is 14.2 Å². The molecule has 0 spiro atoms. The molecule has 2 aromatic carbocycles. The number of aromatic nitrogens is 4. The van der Waals surface area contributed by atoms with Crippen molar-refractivity contribution in [3.05, 3.63) is 93.7 Å². The van der Waals surface area contributed by atoms with Crippen LogP contribution in [0, 0.1) is 6.57 Å². The maximum atomic E-state index is 14.1. The predicted octanol–water partition coefficient (Wildman–Crippen LogP) is 4.41. The van der Waals surface area contributed by atoms with Crippen molar-refractivity contribution in [3.8, 4) is 22.8 Å². The molecule has 4 aromatic rings. The number of halogens is 3. The Balaban J connectivity index is 1.57. The number of benzene rings is 2. The number of likely N-dealkylation sites (tertiary alicyclic amines) is 1. The number of nitrogens with zero attached hydrogens (tertiary/aromatic N) is 7. The number of piperidine rings is 1. The van der Waals surface area contributed by atoms with Crippen molar-refractivity contribution < 1.29 is 27.2 Å². The molecule has 1 N–H and O–H groups in total. The Morgan fingerprint density at radius 3 is 2.36 bits per heavy atom. The molecule has 246 valence electrons. The van der Waals surface area contributed by atoms with Crippen molar-refractivity contribution in [2.45, 2.75) is 38.0 Å². The normalized spacial score (nSPS) is 15.6. The van der Waals surface area contributed by atoms with Gasteiger partial charge in [-0.1, -0.05) is 18.2 Å². The average Bonchev–Trinajstić information content (AvgIpc) is 3.61. The van der Waals surface area contributed by atoms with Crippen LogP contribution < -0.4 is 10.9 Å². The fraction of sp³-hybridized carbons (Fsp3) is 0.364. The van der Waals surface area contributed by atoms with Crippen molar-refractivity contribution >= 4 is 17.5 Å². The van der Waals surface area contributed by atoms with Gasteiger partial charge in [0, 0.05) is 33.0 Å². The molecule has 1 aliphatic rings. The van der Waals surface area contributed by atoms with Crippen molar-refractivity contribution in [1.82, 2.24) is 29.4 Å². The van der Waals surface area contributed by atoms with Crippen molar-refractivity contribution in [2.24, 2.45) is 7.05 Å². The summed E-state index contributed by atoms with van der Waals surface area (Å²) in [5, 5.41) is 7.04. The van der Waals surface area contributed by atoms with Crippen LogP contribution in [0.15, 0.2) is 65.6 Å². The van der Waals surface area contributed by atoms with Gasteiger partial charge in [0.2, 0.25) is 5.91 Å². The summed E-state index contributed by atoms with van der Waals surface area (Å²) in [4.78, 5) is 46.5. The van der Waals surface area contributed by atoms with Gasteiger partial charge in [-0.2, -0.15) is 18.3 Å². The fourth-order valence-electron chi connectivity index (χ4n) is 6.02. The summed E-state index contributed by atoms with van der Waals surface area (Å²) in [5.41, 5.74) is -1.06. The first-order chi connectivity index (χ1) is 22.1. The Morgan fingerprint density at radius 2 is 1.74 bits per heavy atom. The van der Waals surface area contributed by atoms with Crippen LogP contribution in [0.25, 0.3) is 27.6 Å². The highest BCUT2D eigenvalue weighted by Gasteiger charge is 2.35. The van der Waals surface area contributed by atoms with E-state index >= 15 is 0 Å². The van der Waals surface area contributed by atoms with Crippen LogP contribution in [0.2, 0.25) is 0 Å². The van der Waals surface area contributed by atoms with Gasteiger partial charge >= 0.3 is 6.18 Å². The molecule has 1 saturated heterocycles. The Hall–Kier alpha value is -5.16. The van der Waals surface area contributed by atoms with Crippen LogP contribution in [-0.2, 0) is 18.0 Å². The number of amides is 2. The van der Waals surface area contributed by atoms with Crippen molar-refractivity contribution in [1.29, 1.82) is 0 Å². The minimum absolute atomic E-state index is 0.00187. The smallest absolute Gasteiger partial charge is 0.341 e. The quantitative estimate of drug-likeness (QED) is 0.237. The number of alkyl halides is 3. The van der Waals surface area contributed by atoms with Crippen LogP contribution in [0.3, 0.4) is 0 Å². The van der Waals surface area contributed by atoms with Gasteiger partial charge in [-0.05, 0) is 43.3 Å². The van der Waals surface area contributed by atoms with E-state index in [1.54, 1.807) is 42.3 Å². The zero-order chi connectivity index (χ0) is 34.3. The minimum Gasteiger partial charge on any atom is -0.341 e. The third-order valence-corrected chi connectivity index (χ3v) is 8.77. The molecule has 14 heteroatoms. The number of rotatable bonds is 7. The maximum Gasteiger partial charge on any atom is 0.416 e. The lowest BCUT2D eigenvalue weighted by Crippen LogP contribution is -2.55. The first-order valence-electron chi connectivity index (χ1n) is 15.0. The molecule has 2 aromatic heterocycles. The molecule has 0 bridgehead atoms. The van der Waals surface area contributed by atoms with E-state index in [2.05, 4.69) is 29.4 Å². The molecular weight excluding hydrogens is 613 g/mol. The highest BCUT2D eigenvalue weighted by molar-refractivity contribution is 6.02. The monoisotopic (exact) mass is 649 g/mol. The molecule has 0 unspecified atom stereocenters. The van der Waals surface area contributed by atoms with E-state index in [-0.39, 0.29) is 34.6 Å². The van der Waals surface area contributed by atoms with Crippen LogP contribution in [-0.4, -0.2) is 86.7 Å². The minimum atomic E-state index is -4.67. The van der Waals surface area contributed by atoms with Crippen LogP contribution >= 0.6 is 0 Å². The molecule has 1 atom stereocenters. The van der Waals surface area contributed by atoms with Gasteiger partial charge in [-0.15, -0.1) is 0 Å². The maximum absolute atomic E-state index is 14.1. The SMILES string of the molecule is [C-]#[N+]c1ccc(-n2nccc2-c2c(C(=O)N[C@@H](C)C(=O)N(C)C3CC[N+](C)(C)CC3)c(=O)n(-c3cccc(C(F)(F)F)c3)n2C)cc1. The summed E-state index contributed by atoms with van der Waals surface area (Å²) < 4.78 is 45.5. The lowest BCUT2D eigenvalue weighted by Gasteiger charge is -2.40. The lowest BCUT2D eigenvalue weighted by atomic mass is 10.0. The molecule has 0 saturated carbocycles. The Labute approximate surface area is 269 Å². The highest BCUT2D eigenvalue weighted by Crippen LogP contribution is 2.32. The first kappa shape index (κ1) is 33.2. The van der Waals surface area contributed by atoms with E-state index in [1.165, 1.54) is 41.7 Å². The second-order valence-electron chi connectivity index (χ2n) is 12.4. The zero-order valence-corrected chi connectivity index (χ0v) is 26.7. The number of carbonyl (C=O) groups excluding carboxylic acids is 2.